The van der Waals surface area contributed by atoms with E-state index in [1.165, 1.54) is 6.07 Å². The Hall–Kier alpha value is -4.97. The number of ether oxygens (including phenoxy) is 2. The highest BCUT2D eigenvalue weighted by Crippen LogP contribution is 2.36. The fourth-order valence-corrected chi connectivity index (χ4v) is 4.89. The van der Waals surface area contributed by atoms with Gasteiger partial charge in [-0.1, -0.05) is 54.1 Å². The molecule has 0 radical (unpaired) electrons. The SMILES string of the molecule is Cc1c(COc2cc(OCc3cccc(C#N)c3)c(C=O)cc2Cl)cccc1-c1cccc(-c2nnc(CN)o2)c1C. The minimum absolute atomic E-state index is 0.175. The molecule has 2 N–H and O–H groups in total. The maximum absolute atomic E-state index is 11.7. The third kappa shape index (κ3) is 6.03. The van der Waals surface area contributed by atoms with Crippen LogP contribution in [0.15, 0.2) is 77.2 Å². The summed E-state index contributed by atoms with van der Waals surface area (Å²) < 4.78 is 17.8. The van der Waals surface area contributed by atoms with Crippen molar-refractivity contribution >= 4 is 17.9 Å². The molecular formula is C33H27ClN4O4. The first kappa shape index (κ1) is 28.6. The zero-order valence-electron chi connectivity index (χ0n) is 23.1. The van der Waals surface area contributed by atoms with E-state index < -0.39 is 0 Å². The lowest BCUT2D eigenvalue weighted by Gasteiger charge is -2.17. The topological polar surface area (TPSA) is 124 Å². The van der Waals surface area contributed by atoms with Crippen molar-refractivity contribution < 1.29 is 18.7 Å². The summed E-state index contributed by atoms with van der Waals surface area (Å²) in [5.41, 5.74) is 13.2. The minimum Gasteiger partial charge on any atom is -0.488 e. The van der Waals surface area contributed by atoms with Crippen molar-refractivity contribution in [3.63, 3.8) is 0 Å². The van der Waals surface area contributed by atoms with Gasteiger partial charge in [0.25, 0.3) is 0 Å². The molecule has 1 heterocycles. The molecule has 0 saturated heterocycles. The molecule has 0 amide bonds. The van der Waals surface area contributed by atoms with Crippen molar-refractivity contribution in [2.24, 2.45) is 5.73 Å². The van der Waals surface area contributed by atoms with Gasteiger partial charge in [-0.15, -0.1) is 10.2 Å². The largest absolute Gasteiger partial charge is 0.488 e. The Morgan fingerprint density at radius 3 is 2.36 bits per heavy atom. The first-order valence-electron chi connectivity index (χ1n) is 13.2. The van der Waals surface area contributed by atoms with Gasteiger partial charge in [-0.05, 0) is 71.5 Å². The van der Waals surface area contributed by atoms with Crippen LogP contribution in [0.4, 0.5) is 0 Å². The van der Waals surface area contributed by atoms with E-state index in [0.717, 1.165) is 38.9 Å². The Morgan fingerprint density at radius 1 is 0.905 bits per heavy atom. The molecule has 0 aliphatic carbocycles. The van der Waals surface area contributed by atoms with E-state index in [-0.39, 0.29) is 19.8 Å². The predicted molar refractivity (Wildman–Crippen MR) is 159 cm³/mol. The fraction of sp³-hybridized carbons (Fsp3) is 0.152. The van der Waals surface area contributed by atoms with Crippen LogP contribution in [0.1, 0.15) is 44.1 Å². The van der Waals surface area contributed by atoms with Gasteiger partial charge >= 0.3 is 0 Å². The molecule has 8 nitrogen and oxygen atoms in total. The van der Waals surface area contributed by atoms with Crippen molar-refractivity contribution in [3.8, 4) is 40.1 Å². The zero-order valence-corrected chi connectivity index (χ0v) is 23.8. The highest BCUT2D eigenvalue weighted by molar-refractivity contribution is 6.32. The molecular weight excluding hydrogens is 552 g/mol. The molecule has 5 aromatic rings. The van der Waals surface area contributed by atoms with Crippen LogP contribution in [0.25, 0.3) is 22.6 Å². The van der Waals surface area contributed by atoms with Crippen LogP contribution >= 0.6 is 11.6 Å². The highest BCUT2D eigenvalue weighted by atomic mass is 35.5. The van der Waals surface area contributed by atoms with Gasteiger partial charge in [0, 0.05) is 11.6 Å². The molecule has 210 valence electrons. The molecule has 1 aromatic heterocycles. The van der Waals surface area contributed by atoms with Crippen LogP contribution < -0.4 is 15.2 Å². The van der Waals surface area contributed by atoms with Crippen molar-refractivity contribution in [1.29, 1.82) is 5.26 Å². The first-order valence-corrected chi connectivity index (χ1v) is 13.5. The van der Waals surface area contributed by atoms with Gasteiger partial charge in [-0.25, -0.2) is 0 Å². The second-order valence-corrected chi connectivity index (χ2v) is 10.0. The van der Waals surface area contributed by atoms with Gasteiger partial charge in [0.2, 0.25) is 11.8 Å². The number of carbonyl (C=O) groups excluding carboxylic acids is 1. The number of hydrogen-bond donors (Lipinski definition) is 1. The standard InChI is InChI=1S/C33H27ClN4O4/c1-20-24(8-4-9-26(20)27-10-5-11-28(21(27)2)33-38-37-32(16-36)42-33)19-41-31-14-30(25(17-39)13-29(31)34)40-18-23-7-3-6-22(12-23)15-35/h3-14,17H,16,18-19,36H2,1-2H3. The summed E-state index contributed by atoms with van der Waals surface area (Å²) in [7, 11) is 0. The minimum atomic E-state index is 0.175. The Labute approximate surface area is 248 Å². The fourth-order valence-electron chi connectivity index (χ4n) is 4.66. The third-order valence-electron chi connectivity index (χ3n) is 6.97. The van der Waals surface area contributed by atoms with Gasteiger partial charge in [0.15, 0.2) is 6.29 Å². The van der Waals surface area contributed by atoms with E-state index in [9.17, 15) is 4.79 Å². The van der Waals surface area contributed by atoms with E-state index in [1.807, 2.05) is 44.2 Å². The Bertz CT molecular complexity index is 1810. The number of nitriles is 1. The summed E-state index contributed by atoms with van der Waals surface area (Å²) in [5.74, 6) is 1.53. The van der Waals surface area contributed by atoms with Gasteiger partial charge in [-0.2, -0.15) is 5.26 Å². The van der Waals surface area contributed by atoms with Crippen LogP contribution in [-0.2, 0) is 19.8 Å². The smallest absolute Gasteiger partial charge is 0.248 e. The predicted octanol–water partition coefficient (Wildman–Crippen LogP) is 6.97. The number of nitrogens with zero attached hydrogens (tertiary/aromatic N) is 3. The summed E-state index contributed by atoms with van der Waals surface area (Å²) in [5, 5.41) is 17.6. The van der Waals surface area contributed by atoms with E-state index in [2.05, 4.69) is 28.4 Å². The van der Waals surface area contributed by atoms with E-state index in [1.54, 1.807) is 24.3 Å². The number of rotatable bonds is 10. The molecule has 0 spiro atoms. The Kier molecular flexibility index (Phi) is 8.63. The van der Waals surface area contributed by atoms with Crippen LogP contribution in [0.3, 0.4) is 0 Å². The lowest BCUT2D eigenvalue weighted by Crippen LogP contribution is -2.03. The molecule has 0 fully saturated rings. The van der Waals surface area contributed by atoms with Gasteiger partial charge < -0.3 is 19.6 Å². The van der Waals surface area contributed by atoms with Crippen LogP contribution in [0.5, 0.6) is 11.5 Å². The average Bonchev–Trinajstić information content (AvgIpc) is 3.50. The second kappa shape index (κ2) is 12.7. The van der Waals surface area contributed by atoms with Crippen molar-refractivity contribution in [2.75, 3.05) is 0 Å². The molecule has 0 aliphatic rings. The van der Waals surface area contributed by atoms with Crippen LogP contribution in [-0.4, -0.2) is 16.5 Å². The summed E-state index contributed by atoms with van der Waals surface area (Å²) >= 11 is 6.48. The summed E-state index contributed by atoms with van der Waals surface area (Å²) in [6, 6.07) is 24.3. The van der Waals surface area contributed by atoms with Gasteiger partial charge in [0.1, 0.15) is 24.7 Å². The van der Waals surface area contributed by atoms with E-state index in [0.29, 0.717) is 45.7 Å². The van der Waals surface area contributed by atoms with E-state index >= 15 is 0 Å². The van der Waals surface area contributed by atoms with Crippen LogP contribution in [0.2, 0.25) is 5.02 Å². The molecule has 0 bridgehead atoms. The summed E-state index contributed by atoms with van der Waals surface area (Å²) in [6.45, 7) is 4.66. The summed E-state index contributed by atoms with van der Waals surface area (Å²) in [4.78, 5) is 11.7. The maximum atomic E-state index is 11.7. The lowest BCUT2D eigenvalue weighted by molar-refractivity contribution is 0.111. The number of halogens is 1. The Balaban J connectivity index is 1.38. The third-order valence-corrected chi connectivity index (χ3v) is 7.26. The normalized spacial score (nSPS) is 10.7. The van der Waals surface area contributed by atoms with Crippen molar-refractivity contribution in [1.82, 2.24) is 10.2 Å². The first-order chi connectivity index (χ1) is 20.4. The molecule has 0 saturated carbocycles. The zero-order chi connectivity index (χ0) is 29.6. The number of aldehydes is 1. The van der Waals surface area contributed by atoms with Crippen LogP contribution in [0, 0.1) is 25.2 Å². The highest BCUT2D eigenvalue weighted by Gasteiger charge is 2.17. The number of benzene rings is 4. The summed E-state index contributed by atoms with van der Waals surface area (Å²) in [6.07, 6.45) is 0.686. The number of nitrogens with two attached hydrogens (primary N) is 1. The molecule has 42 heavy (non-hydrogen) atoms. The van der Waals surface area contributed by atoms with E-state index in [4.69, 9.17) is 36.5 Å². The van der Waals surface area contributed by atoms with Crippen molar-refractivity contribution in [3.05, 3.63) is 117 Å². The number of carbonyl (C=O) groups is 1. The molecule has 0 atom stereocenters. The molecule has 4 aromatic carbocycles. The lowest BCUT2D eigenvalue weighted by atomic mass is 9.91. The molecule has 0 unspecified atom stereocenters. The number of hydrogen-bond acceptors (Lipinski definition) is 8. The molecule has 0 aliphatic heterocycles. The number of aromatic nitrogens is 2. The molecule has 9 heteroatoms. The second-order valence-electron chi connectivity index (χ2n) is 9.60. The van der Waals surface area contributed by atoms with Gasteiger partial charge in [0.05, 0.1) is 28.8 Å². The molecule has 5 rings (SSSR count). The average molecular weight is 579 g/mol. The van der Waals surface area contributed by atoms with Crippen molar-refractivity contribution in [2.45, 2.75) is 33.6 Å². The maximum Gasteiger partial charge on any atom is 0.248 e. The Morgan fingerprint density at radius 2 is 1.62 bits per heavy atom. The van der Waals surface area contributed by atoms with Gasteiger partial charge in [-0.3, -0.25) is 4.79 Å². The quantitative estimate of drug-likeness (QED) is 0.176. The monoisotopic (exact) mass is 578 g/mol.